The Morgan fingerprint density at radius 3 is 2.56 bits per heavy atom. The largest absolute Gasteiger partial charge is 0.421 e. The van der Waals surface area contributed by atoms with Crippen LogP contribution in [0.15, 0.2) is 69.1 Å². The average Bonchev–Trinajstić information content (AvgIpc) is 3.31. The summed E-state index contributed by atoms with van der Waals surface area (Å²) < 4.78 is 9.64. The predicted molar refractivity (Wildman–Crippen MR) is 103 cm³/mol. The van der Waals surface area contributed by atoms with Gasteiger partial charge in [-0.25, -0.2) is 0 Å². The number of aryl methyl sites for hydroxylation is 1. The van der Waals surface area contributed by atoms with Crippen LogP contribution in [0.4, 0.5) is 5.13 Å². The van der Waals surface area contributed by atoms with Gasteiger partial charge in [0.05, 0.1) is 0 Å². The summed E-state index contributed by atoms with van der Waals surface area (Å²) in [5, 5.41) is 11.6. The summed E-state index contributed by atoms with van der Waals surface area (Å²) in [5.41, 5.74) is 1.26. The van der Waals surface area contributed by atoms with Gasteiger partial charge in [-0.15, -0.1) is 10.2 Å². The van der Waals surface area contributed by atoms with Gasteiger partial charge in [0.25, 0.3) is 5.91 Å². The van der Waals surface area contributed by atoms with E-state index in [1.807, 2.05) is 30.3 Å². The minimum Gasteiger partial charge on any atom is -0.421 e. The summed E-state index contributed by atoms with van der Waals surface area (Å²) in [5.74, 6) is 0.661. The first-order chi connectivity index (χ1) is 13.2. The Hall–Kier alpha value is -3.04. The molecular weight excluding hydrogens is 382 g/mol. The molecule has 4 aromatic rings. The SMILES string of the molecule is Cc1nnc(-c2ccc(C(=O)Nc3nc(Sc4ccccc4)ns3)cc2)o1. The smallest absolute Gasteiger partial charge is 0.257 e. The molecule has 0 unspecified atom stereocenters. The molecule has 0 atom stereocenters. The van der Waals surface area contributed by atoms with Crippen molar-refractivity contribution in [1.82, 2.24) is 19.6 Å². The second kappa shape index (κ2) is 7.68. The zero-order chi connectivity index (χ0) is 18.6. The number of nitrogens with zero attached hydrogens (tertiary/aromatic N) is 4. The van der Waals surface area contributed by atoms with Crippen LogP contribution in [0.25, 0.3) is 11.5 Å². The first-order valence-electron chi connectivity index (χ1n) is 7.96. The molecule has 0 aliphatic heterocycles. The molecule has 1 amide bonds. The highest BCUT2D eigenvalue weighted by Crippen LogP contribution is 2.27. The molecule has 134 valence electrons. The number of rotatable bonds is 5. The van der Waals surface area contributed by atoms with Gasteiger partial charge in [0, 0.05) is 34.5 Å². The number of amides is 1. The highest BCUT2D eigenvalue weighted by Gasteiger charge is 2.12. The fraction of sp³-hybridized carbons (Fsp3) is 0.0556. The molecule has 2 heterocycles. The van der Waals surface area contributed by atoms with Crippen molar-refractivity contribution in [2.24, 2.45) is 0 Å². The molecule has 0 radical (unpaired) electrons. The summed E-state index contributed by atoms with van der Waals surface area (Å²) in [6.45, 7) is 1.73. The second-order valence-corrected chi connectivity index (χ2v) is 7.25. The van der Waals surface area contributed by atoms with Crippen LogP contribution < -0.4 is 5.32 Å². The molecule has 0 aliphatic carbocycles. The molecule has 2 aromatic heterocycles. The lowest BCUT2D eigenvalue weighted by atomic mass is 10.1. The van der Waals surface area contributed by atoms with Crippen molar-refractivity contribution < 1.29 is 9.21 Å². The Kier molecular flexibility index (Phi) is 4.95. The lowest BCUT2D eigenvalue weighted by Crippen LogP contribution is -2.11. The van der Waals surface area contributed by atoms with Crippen molar-refractivity contribution in [3.05, 3.63) is 66.1 Å². The number of carbonyl (C=O) groups is 1. The van der Waals surface area contributed by atoms with Gasteiger partial charge in [-0.2, -0.15) is 9.36 Å². The maximum absolute atomic E-state index is 12.4. The third-order valence-electron chi connectivity index (χ3n) is 3.50. The molecule has 0 spiro atoms. The summed E-state index contributed by atoms with van der Waals surface area (Å²) in [4.78, 5) is 17.8. The van der Waals surface area contributed by atoms with Crippen molar-refractivity contribution in [3.8, 4) is 11.5 Å². The third-order valence-corrected chi connectivity index (χ3v) is 5.12. The van der Waals surface area contributed by atoms with Crippen molar-refractivity contribution in [3.63, 3.8) is 0 Å². The molecule has 0 saturated carbocycles. The molecule has 0 bridgehead atoms. The van der Waals surface area contributed by atoms with E-state index >= 15 is 0 Å². The molecule has 9 heteroatoms. The average molecular weight is 395 g/mol. The van der Waals surface area contributed by atoms with Crippen LogP contribution in [0.5, 0.6) is 0 Å². The fourth-order valence-electron chi connectivity index (χ4n) is 2.24. The zero-order valence-corrected chi connectivity index (χ0v) is 15.8. The van der Waals surface area contributed by atoms with E-state index in [1.165, 1.54) is 11.8 Å². The summed E-state index contributed by atoms with van der Waals surface area (Å²) in [6.07, 6.45) is 0. The van der Waals surface area contributed by atoms with E-state index in [4.69, 9.17) is 4.42 Å². The molecule has 0 saturated heterocycles. The molecule has 0 fully saturated rings. The van der Waals surface area contributed by atoms with Gasteiger partial charge in [-0.1, -0.05) is 18.2 Å². The molecule has 1 N–H and O–H groups in total. The van der Waals surface area contributed by atoms with E-state index in [1.54, 1.807) is 31.2 Å². The molecular formula is C18H13N5O2S2. The van der Waals surface area contributed by atoms with E-state index < -0.39 is 0 Å². The normalized spacial score (nSPS) is 10.7. The molecule has 7 nitrogen and oxygen atoms in total. The quantitative estimate of drug-likeness (QED) is 0.538. The Labute approximate surface area is 163 Å². The van der Waals surface area contributed by atoms with Gasteiger partial charge < -0.3 is 4.42 Å². The van der Waals surface area contributed by atoms with E-state index in [9.17, 15) is 4.79 Å². The lowest BCUT2D eigenvalue weighted by Gasteiger charge is -2.02. The first kappa shape index (κ1) is 17.4. The third kappa shape index (κ3) is 4.21. The second-order valence-electron chi connectivity index (χ2n) is 5.45. The van der Waals surface area contributed by atoms with Crippen LogP contribution in [-0.4, -0.2) is 25.5 Å². The van der Waals surface area contributed by atoms with Crippen LogP contribution >= 0.6 is 23.3 Å². The van der Waals surface area contributed by atoms with Crippen LogP contribution in [-0.2, 0) is 0 Å². The van der Waals surface area contributed by atoms with Gasteiger partial charge >= 0.3 is 0 Å². The van der Waals surface area contributed by atoms with Crippen molar-refractivity contribution >= 4 is 34.3 Å². The molecule has 2 aromatic carbocycles. The highest BCUT2D eigenvalue weighted by molar-refractivity contribution is 7.99. The predicted octanol–water partition coefficient (Wildman–Crippen LogP) is 4.30. The van der Waals surface area contributed by atoms with Crippen molar-refractivity contribution in [1.29, 1.82) is 0 Å². The van der Waals surface area contributed by atoms with Crippen LogP contribution in [0.2, 0.25) is 0 Å². The van der Waals surface area contributed by atoms with Crippen LogP contribution in [0.1, 0.15) is 16.2 Å². The minimum atomic E-state index is -0.254. The number of hydrogen-bond donors (Lipinski definition) is 1. The van der Waals surface area contributed by atoms with Gasteiger partial charge in [0.1, 0.15) is 0 Å². The van der Waals surface area contributed by atoms with Crippen LogP contribution in [0, 0.1) is 6.92 Å². The Balaban J connectivity index is 1.42. The van der Waals surface area contributed by atoms with Gasteiger partial charge in [-0.05, 0) is 48.2 Å². The minimum absolute atomic E-state index is 0.254. The number of aromatic nitrogens is 4. The van der Waals surface area contributed by atoms with E-state index in [-0.39, 0.29) is 5.91 Å². The van der Waals surface area contributed by atoms with Crippen LogP contribution in [0.3, 0.4) is 0 Å². The van der Waals surface area contributed by atoms with Crippen molar-refractivity contribution in [2.75, 3.05) is 5.32 Å². The standard InChI is InChI=1S/C18H13N5O2S2/c1-11-21-22-16(25-11)13-9-7-12(8-10-13)15(24)19-17-20-18(23-27-17)26-14-5-3-2-4-6-14/h2-10H,1H3,(H,19,20,23,24). The maximum Gasteiger partial charge on any atom is 0.257 e. The topological polar surface area (TPSA) is 93.8 Å². The van der Waals surface area contributed by atoms with E-state index in [0.29, 0.717) is 27.6 Å². The molecule has 4 rings (SSSR count). The Bertz CT molecular complexity index is 1060. The maximum atomic E-state index is 12.4. The first-order valence-corrected chi connectivity index (χ1v) is 9.55. The lowest BCUT2D eigenvalue weighted by molar-refractivity contribution is 0.102. The van der Waals surface area contributed by atoms with Gasteiger partial charge in [0.2, 0.25) is 22.1 Å². The molecule has 27 heavy (non-hydrogen) atoms. The van der Waals surface area contributed by atoms with Gasteiger partial charge in [-0.3, -0.25) is 10.1 Å². The summed E-state index contributed by atoms with van der Waals surface area (Å²) in [7, 11) is 0. The zero-order valence-electron chi connectivity index (χ0n) is 14.1. The fourth-order valence-corrected chi connectivity index (χ4v) is 3.67. The number of carbonyl (C=O) groups excluding carboxylic acids is 1. The monoisotopic (exact) mass is 395 g/mol. The number of benzene rings is 2. The molecule has 0 aliphatic rings. The summed E-state index contributed by atoms with van der Waals surface area (Å²) in [6, 6.07) is 16.8. The number of nitrogens with one attached hydrogen (secondary N) is 1. The van der Waals surface area contributed by atoms with E-state index in [0.717, 1.165) is 22.0 Å². The van der Waals surface area contributed by atoms with E-state index in [2.05, 4.69) is 24.9 Å². The summed E-state index contributed by atoms with van der Waals surface area (Å²) >= 11 is 2.59. The highest BCUT2D eigenvalue weighted by atomic mass is 32.2. The number of anilines is 1. The number of hydrogen-bond acceptors (Lipinski definition) is 8. The van der Waals surface area contributed by atoms with Gasteiger partial charge in [0.15, 0.2) is 0 Å². The van der Waals surface area contributed by atoms with Crippen molar-refractivity contribution in [2.45, 2.75) is 17.0 Å². The Morgan fingerprint density at radius 1 is 1.07 bits per heavy atom. The Morgan fingerprint density at radius 2 is 1.85 bits per heavy atom.